The lowest BCUT2D eigenvalue weighted by Crippen LogP contribution is -2.42. The maximum absolute atomic E-state index is 14.0. The van der Waals surface area contributed by atoms with Gasteiger partial charge in [-0.2, -0.15) is 0 Å². The van der Waals surface area contributed by atoms with Crippen molar-refractivity contribution in [2.24, 2.45) is 0 Å². The average Bonchev–Trinajstić information content (AvgIpc) is 3.45. The van der Waals surface area contributed by atoms with E-state index in [-0.39, 0.29) is 11.9 Å². The van der Waals surface area contributed by atoms with Crippen LogP contribution in [0.3, 0.4) is 0 Å². The Morgan fingerprint density at radius 1 is 1.12 bits per heavy atom. The van der Waals surface area contributed by atoms with Gasteiger partial charge in [0.05, 0.1) is 16.4 Å². The van der Waals surface area contributed by atoms with Crippen molar-refractivity contribution in [1.29, 1.82) is 0 Å². The molecule has 170 valence electrons. The number of hydrogen-bond acceptors (Lipinski definition) is 6. The van der Waals surface area contributed by atoms with Gasteiger partial charge in [0.25, 0.3) is 0 Å². The summed E-state index contributed by atoms with van der Waals surface area (Å²) in [6, 6.07) is 16.1. The van der Waals surface area contributed by atoms with E-state index in [0.29, 0.717) is 17.5 Å². The fraction of sp³-hybridized carbons (Fsp3) is 0.308. The van der Waals surface area contributed by atoms with Gasteiger partial charge in [0, 0.05) is 36.7 Å². The van der Waals surface area contributed by atoms with Gasteiger partial charge in [-0.25, -0.2) is 14.4 Å². The van der Waals surface area contributed by atoms with Crippen molar-refractivity contribution in [3.8, 4) is 17.0 Å². The molecule has 1 fully saturated rings. The lowest BCUT2D eigenvalue weighted by Gasteiger charge is -2.35. The first kappa shape index (κ1) is 21.6. The number of fused-ring (bicyclic) bond motifs is 2. The van der Waals surface area contributed by atoms with Gasteiger partial charge >= 0.3 is 0 Å². The molecular formula is C26H27FN4OS. The molecule has 0 bridgehead atoms. The highest BCUT2D eigenvalue weighted by Gasteiger charge is 2.32. The van der Waals surface area contributed by atoms with Crippen LogP contribution in [0.1, 0.15) is 32.3 Å². The summed E-state index contributed by atoms with van der Waals surface area (Å²) in [4.78, 5) is 8.91. The molecule has 33 heavy (non-hydrogen) atoms. The van der Waals surface area contributed by atoms with Crippen molar-refractivity contribution >= 4 is 32.4 Å². The molecule has 0 saturated heterocycles. The predicted octanol–water partition coefficient (Wildman–Crippen LogP) is 6.51. The lowest BCUT2D eigenvalue weighted by molar-refractivity contribution is 0.103. The standard InChI is InChI=1S/C24H21FN4OS.C2H6/c25-16-10-19(14-5-6-20-15(9-14)7-8-26-20)23(27-13-16)30-18-11-17(12-18)28-24-29-21-3-1-2-4-22(21)31-24;1-2/h1-6,9-10,13,17-18,26H,7-8,11-12H2,(H,28,29);1-2H3. The molecule has 0 radical (unpaired) electrons. The summed E-state index contributed by atoms with van der Waals surface area (Å²) in [5.41, 5.74) is 5.06. The number of para-hydroxylation sites is 1. The summed E-state index contributed by atoms with van der Waals surface area (Å²) < 4.78 is 21.4. The zero-order valence-electron chi connectivity index (χ0n) is 18.8. The molecule has 6 rings (SSSR count). The van der Waals surface area contributed by atoms with E-state index >= 15 is 0 Å². The Hall–Kier alpha value is -3.19. The zero-order valence-corrected chi connectivity index (χ0v) is 19.6. The number of aromatic nitrogens is 2. The minimum Gasteiger partial charge on any atom is -0.474 e. The van der Waals surface area contributed by atoms with E-state index in [9.17, 15) is 4.39 Å². The summed E-state index contributed by atoms with van der Waals surface area (Å²) in [5.74, 6) is 0.140. The van der Waals surface area contributed by atoms with Crippen molar-refractivity contribution in [1.82, 2.24) is 9.97 Å². The molecular weight excluding hydrogens is 435 g/mol. The topological polar surface area (TPSA) is 59.1 Å². The van der Waals surface area contributed by atoms with E-state index in [2.05, 4.69) is 32.7 Å². The highest BCUT2D eigenvalue weighted by Crippen LogP contribution is 2.36. The van der Waals surface area contributed by atoms with E-state index in [1.807, 2.05) is 44.2 Å². The first-order chi connectivity index (χ1) is 16.2. The number of thiazole rings is 1. The van der Waals surface area contributed by atoms with Crippen molar-refractivity contribution < 1.29 is 9.13 Å². The number of rotatable bonds is 5. The summed E-state index contributed by atoms with van der Waals surface area (Å²) in [6.07, 6.45) is 3.98. The van der Waals surface area contributed by atoms with Gasteiger partial charge < -0.3 is 15.4 Å². The maximum atomic E-state index is 14.0. The lowest BCUT2D eigenvalue weighted by atomic mass is 9.89. The summed E-state index contributed by atoms with van der Waals surface area (Å²) in [6.45, 7) is 4.94. The Labute approximate surface area is 197 Å². The van der Waals surface area contributed by atoms with Crippen LogP contribution in [0.5, 0.6) is 5.88 Å². The Morgan fingerprint density at radius 3 is 2.82 bits per heavy atom. The number of anilines is 2. The summed E-state index contributed by atoms with van der Waals surface area (Å²) >= 11 is 1.67. The average molecular weight is 463 g/mol. The largest absolute Gasteiger partial charge is 0.474 e. The SMILES string of the molecule is CC.Fc1cnc(OC2CC(Nc3nc4ccccc4s3)C2)c(-c2ccc3c(c2)CCN3)c1. The van der Waals surface area contributed by atoms with E-state index in [1.165, 1.54) is 22.5 Å². The van der Waals surface area contributed by atoms with Crippen LogP contribution >= 0.6 is 11.3 Å². The van der Waals surface area contributed by atoms with Crippen LogP contribution < -0.4 is 15.4 Å². The fourth-order valence-electron chi connectivity index (χ4n) is 4.25. The predicted molar refractivity (Wildman–Crippen MR) is 134 cm³/mol. The highest BCUT2D eigenvalue weighted by molar-refractivity contribution is 7.22. The number of halogens is 1. The van der Waals surface area contributed by atoms with Crippen LogP contribution in [0.4, 0.5) is 15.2 Å². The second kappa shape index (κ2) is 9.35. The molecule has 2 N–H and O–H groups in total. The molecule has 7 heteroatoms. The van der Waals surface area contributed by atoms with Crippen LogP contribution in [-0.4, -0.2) is 28.7 Å². The molecule has 4 aromatic rings. The van der Waals surface area contributed by atoms with Crippen LogP contribution in [0.25, 0.3) is 21.3 Å². The van der Waals surface area contributed by atoms with Crippen LogP contribution in [0.2, 0.25) is 0 Å². The van der Waals surface area contributed by atoms with Gasteiger partial charge in [-0.3, -0.25) is 0 Å². The van der Waals surface area contributed by atoms with Crippen molar-refractivity contribution in [3.63, 3.8) is 0 Å². The highest BCUT2D eigenvalue weighted by atomic mass is 32.1. The van der Waals surface area contributed by atoms with Crippen molar-refractivity contribution in [2.75, 3.05) is 17.2 Å². The van der Waals surface area contributed by atoms with Gasteiger partial charge in [-0.05, 0) is 47.9 Å². The van der Waals surface area contributed by atoms with E-state index in [4.69, 9.17) is 4.74 Å². The molecule has 1 saturated carbocycles. The van der Waals surface area contributed by atoms with E-state index < -0.39 is 0 Å². The van der Waals surface area contributed by atoms with E-state index in [0.717, 1.165) is 47.7 Å². The Morgan fingerprint density at radius 2 is 1.97 bits per heavy atom. The van der Waals surface area contributed by atoms with Gasteiger partial charge in [-0.1, -0.05) is 43.4 Å². The third-order valence-corrected chi connectivity index (χ3v) is 6.91. The summed E-state index contributed by atoms with van der Waals surface area (Å²) in [5, 5.41) is 7.81. The summed E-state index contributed by atoms with van der Waals surface area (Å²) in [7, 11) is 0. The number of hydrogen-bond donors (Lipinski definition) is 2. The monoisotopic (exact) mass is 462 g/mol. The number of pyridine rings is 1. The van der Waals surface area contributed by atoms with Gasteiger partial charge in [0.2, 0.25) is 5.88 Å². The molecule has 0 amide bonds. The third-order valence-electron chi connectivity index (χ3n) is 5.94. The molecule has 0 spiro atoms. The van der Waals surface area contributed by atoms with Crippen LogP contribution in [0.15, 0.2) is 54.7 Å². The molecule has 5 nitrogen and oxygen atoms in total. The first-order valence-electron chi connectivity index (χ1n) is 11.5. The second-order valence-corrected chi connectivity index (χ2v) is 9.12. The van der Waals surface area contributed by atoms with Gasteiger partial charge in [0.1, 0.15) is 11.9 Å². The van der Waals surface area contributed by atoms with Crippen molar-refractivity contribution in [2.45, 2.75) is 45.3 Å². The molecule has 1 aliphatic carbocycles. The van der Waals surface area contributed by atoms with Gasteiger partial charge in [-0.15, -0.1) is 0 Å². The van der Waals surface area contributed by atoms with Gasteiger partial charge in [0.15, 0.2) is 5.13 Å². The number of benzene rings is 2. The first-order valence-corrected chi connectivity index (χ1v) is 12.3. The minimum atomic E-state index is -0.357. The Kier molecular flexibility index (Phi) is 6.13. The van der Waals surface area contributed by atoms with E-state index in [1.54, 1.807) is 11.3 Å². The Balaban J connectivity index is 0.00000111. The molecule has 2 aromatic carbocycles. The normalized spacial score (nSPS) is 18.5. The number of nitrogens with zero attached hydrogens (tertiary/aromatic N) is 2. The third kappa shape index (κ3) is 4.50. The fourth-order valence-corrected chi connectivity index (χ4v) is 5.19. The van der Waals surface area contributed by atoms with Crippen molar-refractivity contribution in [3.05, 3.63) is 66.1 Å². The van der Waals surface area contributed by atoms with Crippen LogP contribution in [-0.2, 0) is 6.42 Å². The second-order valence-electron chi connectivity index (χ2n) is 8.09. The Bertz CT molecular complexity index is 1240. The molecule has 0 unspecified atom stereocenters. The molecule has 0 atom stereocenters. The quantitative estimate of drug-likeness (QED) is 0.354. The van der Waals surface area contributed by atoms with Crippen LogP contribution in [0, 0.1) is 5.82 Å². The number of nitrogens with one attached hydrogen (secondary N) is 2. The molecule has 1 aliphatic heterocycles. The maximum Gasteiger partial charge on any atom is 0.221 e. The zero-order chi connectivity index (χ0) is 22.8. The smallest absolute Gasteiger partial charge is 0.221 e. The number of ether oxygens (including phenoxy) is 1. The molecule has 3 heterocycles. The molecule has 2 aromatic heterocycles. The molecule has 2 aliphatic rings. The minimum absolute atomic E-state index is 0.0553.